The van der Waals surface area contributed by atoms with Gasteiger partial charge in [0.05, 0.1) is 0 Å². The summed E-state index contributed by atoms with van der Waals surface area (Å²) in [5, 5.41) is 17.1. The Labute approximate surface area is 98.0 Å². The minimum Gasteiger partial charge on any atom is -0.480 e. The first kappa shape index (κ1) is 11.1. The molecular formula is C10H12ClN3O2. The number of aliphatic carboxylic acids is 1. The van der Waals surface area contributed by atoms with Crippen molar-refractivity contribution >= 4 is 23.4 Å². The second-order valence-corrected chi connectivity index (χ2v) is 4.14. The van der Waals surface area contributed by atoms with E-state index in [1.165, 1.54) is 0 Å². The number of nitrogens with zero attached hydrogens (tertiary/aromatic N) is 3. The highest BCUT2D eigenvalue weighted by molar-refractivity contribution is 6.29. The van der Waals surface area contributed by atoms with Gasteiger partial charge in [0.1, 0.15) is 6.04 Å². The zero-order valence-electron chi connectivity index (χ0n) is 8.64. The van der Waals surface area contributed by atoms with Crippen LogP contribution in [0.5, 0.6) is 0 Å². The Morgan fingerprint density at radius 3 is 2.88 bits per heavy atom. The van der Waals surface area contributed by atoms with Crippen LogP contribution in [-0.4, -0.2) is 33.9 Å². The monoisotopic (exact) mass is 241 g/mol. The van der Waals surface area contributed by atoms with Crippen LogP contribution >= 0.6 is 11.6 Å². The number of hydrogen-bond donors (Lipinski definition) is 1. The van der Waals surface area contributed by atoms with Gasteiger partial charge in [-0.05, 0) is 31.4 Å². The molecule has 86 valence electrons. The lowest BCUT2D eigenvalue weighted by molar-refractivity contribution is -0.139. The van der Waals surface area contributed by atoms with Crippen LogP contribution in [0.1, 0.15) is 19.3 Å². The Morgan fingerprint density at radius 2 is 2.25 bits per heavy atom. The molecule has 1 fully saturated rings. The lowest BCUT2D eigenvalue weighted by Crippen LogP contribution is -2.45. The van der Waals surface area contributed by atoms with E-state index in [1.807, 2.05) is 0 Å². The largest absolute Gasteiger partial charge is 0.480 e. The molecule has 2 heterocycles. The standard InChI is InChI=1S/C10H12ClN3O2/c11-8-4-5-9(13-12-8)14-6-2-1-3-7(14)10(15)16/h4-5,7H,1-3,6H2,(H,15,16)/t7-/m1/s1. The van der Waals surface area contributed by atoms with Crippen LogP contribution in [0.25, 0.3) is 0 Å². The summed E-state index contributed by atoms with van der Waals surface area (Å²) < 4.78 is 0. The molecule has 1 aromatic rings. The van der Waals surface area contributed by atoms with Crippen molar-refractivity contribution in [2.75, 3.05) is 11.4 Å². The van der Waals surface area contributed by atoms with Gasteiger partial charge in [-0.25, -0.2) is 4.79 Å². The van der Waals surface area contributed by atoms with E-state index in [0.29, 0.717) is 23.9 Å². The zero-order valence-corrected chi connectivity index (χ0v) is 9.39. The molecule has 0 radical (unpaired) electrons. The number of aromatic nitrogens is 2. The number of piperidine rings is 1. The first-order valence-electron chi connectivity index (χ1n) is 5.17. The van der Waals surface area contributed by atoms with Crippen molar-refractivity contribution in [1.29, 1.82) is 0 Å². The molecule has 0 amide bonds. The van der Waals surface area contributed by atoms with Crippen molar-refractivity contribution < 1.29 is 9.90 Å². The topological polar surface area (TPSA) is 66.3 Å². The van der Waals surface area contributed by atoms with E-state index in [2.05, 4.69) is 10.2 Å². The van der Waals surface area contributed by atoms with Gasteiger partial charge in [0.25, 0.3) is 0 Å². The lowest BCUT2D eigenvalue weighted by Gasteiger charge is -2.33. The van der Waals surface area contributed by atoms with Gasteiger partial charge < -0.3 is 10.0 Å². The predicted molar refractivity (Wildman–Crippen MR) is 59.7 cm³/mol. The van der Waals surface area contributed by atoms with Gasteiger partial charge in [-0.15, -0.1) is 10.2 Å². The number of carboxylic acid groups (broad SMARTS) is 1. The average molecular weight is 242 g/mol. The molecule has 0 saturated carbocycles. The minimum absolute atomic E-state index is 0.313. The van der Waals surface area contributed by atoms with E-state index < -0.39 is 12.0 Å². The third-order valence-electron chi connectivity index (χ3n) is 2.70. The zero-order chi connectivity index (χ0) is 11.5. The average Bonchev–Trinajstić information content (AvgIpc) is 2.30. The molecule has 5 nitrogen and oxygen atoms in total. The molecule has 1 aliphatic heterocycles. The Balaban J connectivity index is 2.23. The quantitative estimate of drug-likeness (QED) is 0.852. The predicted octanol–water partition coefficient (Wildman–Crippen LogP) is 1.57. The summed E-state index contributed by atoms with van der Waals surface area (Å²) in [5.41, 5.74) is 0. The molecule has 0 bridgehead atoms. The van der Waals surface area contributed by atoms with Gasteiger partial charge in [-0.2, -0.15) is 0 Å². The van der Waals surface area contributed by atoms with E-state index in [1.54, 1.807) is 17.0 Å². The summed E-state index contributed by atoms with van der Waals surface area (Å²) in [7, 11) is 0. The van der Waals surface area contributed by atoms with E-state index in [9.17, 15) is 4.79 Å². The third kappa shape index (κ3) is 2.24. The van der Waals surface area contributed by atoms with Crippen LogP contribution in [0.4, 0.5) is 5.82 Å². The number of carbonyl (C=O) groups is 1. The Kier molecular flexibility index (Phi) is 3.24. The molecule has 1 saturated heterocycles. The Hall–Kier alpha value is -1.36. The van der Waals surface area contributed by atoms with Gasteiger partial charge in [0.2, 0.25) is 0 Å². The second-order valence-electron chi connectivity index (χ2n) is 3.76. The number of rotatable bonds is 2. The summed E-state index contributed by atoms with van der Waals surface area (Å²) in [6.07, 6.45) is 2.57. The minimum atomic E-state index is -0.809. The maximum atomic E-state index is 11.1. The molecule has 0 aromatic carbocycles. The van der Waals surface area contributed by atoms with Crippen molar-refractivity contribution in [3.05, 3.63) is 17.3 Å². The van der Waals surface area contributed by atoms with E-state index in [0.717, 1.165) is 12.8 Å². The molecule has 2 rings (SSSR count). The van der Waals surface area contributed by atoms with Crippen LogP contribution in [-0.2, 0) is 4.79 Å². The van der Waals surface area contributed by atoms with Crippen molar-refractivity contribution in [1.82, 2.24) is 10.2 Å². The number of halogens is 1. The van der Waals surface area contributed by atoms with Crippen molar-refractivity contribution in [3.63, 3.8) is 0 Å². The molecule has 1 N–H and O–H groups in total. The number of anilines is 1. The molecule has 1 aliphatic rings. The van der Waals surface area contributed by atoms with Gasteiger partial charge in [-0.1, -0.05) is 11.6 Å². The van der Waals surface area contributed by atoms with Gasteiger partial charge >= 0.3 is 5.97 Å². The van der Waals surface area contributed by atoms with Crippen LogP contribution in [0, 0.1) is 0 Å². The molecule has 0 spiro atoms. The van der Waals surface area contributed by atoms with Crippen LogP contribution in [0.15, 0.2) is 12.1 Å². The first-order chi connectivity index (χ1) is 7.68. The SMILES string of the molecule is O=C(O)[C@H]1CCCCN1c1ccc(Cl)nn1. The van der Waals surface area contributed by atoms with E-state index in [4.69, 9.17) is 16.7 Å². The summed E-state index contributed by atoms with van der Waals surface area (Å²) in [6, 6.07) is 2.83. The Bertz CT molecular complexity index is 382. The summed E-state index contributed by atoms with van der Waals surface area (Å²) >= 11 is 5.64. The van der Waals surface area contributed by atoms with Gasteiger partial charge in [0, 0.05) is 6.54 Å². The summed E-state index contributed by atoms with van der Waals surface area (Å²) in [4.78, 5) is 12.9. The van der Waals surface area contributed by atoms with Crippen molar-refractivity contribution in [2.24, 2.45) is 0 Å². The third-order valence-corrected chi connectivity index (χ3v) is 2.90. The number of hydrogen-bond acceptors (Lipinski definition) is 4. The fourth-order valence-electron chi connectivity index (χ4n) is 1.92. The molecule has 1 atom stereocenters. The van der Waals surface area contributed by atoms with Crippen molar-refractivity contribution in [2.45, 2.75) is 25.3 Å². The maximum absolute atomic E-state index is 11.1. The molecular weight excluding hydrogens is 230 g/mol. The fraction of sp³-hybridized carbons (Fsp3) is 0.500. The first-order valence-corrected chi connectivity index (χ1v) is 5.55. The second kappa shape index (κ2) is 4.65. The van der Waals surface area contributed by atoms with Crippen LogP contribution in [0.2, 0.25) is 5.15 Å². The highest BCUT2D eigenvalue weighted by Crippen LogP contribution is 2.23. The number of carboxylic acids is 1. The molecule has 16 heavy (non-hydrogen) atoms. The summed E-state index contributed by atoms with van der Waals surface area (Å²) in [6.45, 7) is 0.702. The molecule has 1 aromatic heterocycles. The fourth-order valence-corrected chi connectivity index (χ4v) is 2.03. The van der Waals surface area contributed by atoms with E-state index in [-0.39, 0.29) is 0 Å². The van der Waals surface area contributed by atoms with Crippen molar-refractivity contribution in [3.8, 4) is 0 Å². The molecule has 0 aliphatic carbocycles. The molecule has 0 unspecified atom stereocenters. The maximum Gasteiger partial charge on any atom is 0.326 e. The molecule has 6 heteroatoms. The van der Waals surface area contributed by atoms with E-state index >= 15 is 0 Å². The normalized spacial score (nSPS) is 20.8. The van der Waals surface area contributed by atoms with Crippen LogP contribution in [0.3, 0.4) is 0 Å². The Morgan fingerprint density at radius 1 is 1.44 bits per heavy atom. The highest BCUT2D eigenvalue weighted by atomic mass is 35.5. The summed E-state index contributed by atoms with van der Waals surface area (Å²) in [5.74, 6) is -0.229. The van der Waals surface area contributed by atoms with Gasteiger partial charge in [-0.3, -0.25) is 0 Å². The lowest BCUT2D eigenvalue weighted by atomic mass is 10.0. The smallest absolute Gasteiger partial charge is 0.326 e. The highest BCUT2D eigenvalue weighted by Gasteiger charge is 2.29. The van der Waals surface area contributed by atoms with Crippen LogP contribution < -0.4 is 4.90 Å². The van der Waals surface area contributed by atoms with Gasteiger partial charge in [0.15, 0.2) is 11.0 Å².